The molecule has 0 saturated carbocycles. The Hall–Kier alpha value is -2.27. The van der Waals surface area contributed by atoms with Crippen LogP contribution in [0.2, 0.25) is 0 Å². The number of rotatable bonds is 4. The van der Waals surface area contributed by atoms with Crippen LogP contribution in [0.5, 0.6) is 0 Å². The molecule has 2 rings (SSSR count). The van der Waals surface area contributed by atoms with E-state index in [1.165, 1.54) is 5.56 Å². The molecule has 0 saturated heterocycles. The van der Waals surface area contributed by atoms with Gasteiger partial charge in [-0.05, 0) is 36.2 Å². The summed E-state index contributed by atoms with van der Waals surface area (Å²) in [6.07, 6.45) is 1.02. The summed E-state index contributed by atoms with van der Waals surface area (Å²) in [5, 5.41) is 12.3. The third-order valence-corrected chi connectivity index (χ3v) is 2.97. The van der Waals surface area contributed by atoms with Crippen molar-refractivity contribution in [1.82, 2.24) is 0 Å². The molecule has 2 aromatic rings. The second-order valence-corrected chi connectivity index (χ2v) is 4.21. The van der Waals surface area contributed by atoms with E-state index >= 15 is 0 Å². The fraction of sp³-hybridized carbons (Fsp3) is 0.188. The predicted molar refractivity (Wildman–Crippen MR) is 74.3 cm³/mol. The van der Waals surface area contributed by atoms with E-state index in [0.29, 0.717) is 11.6 Å². The van der Waals surface area contributed by atoms with Crippen LogP contribution in [-0.4, -0.2) is 0 Å². The molecule has 18 heavy (non-hydrogen) atoms. The maximum atomic E-state index is 8.76. The first-order valence-electron chi connectivity index (χ1n) is 6.15. The topological polar surface area (TPSA) is 35.8 Å². The van der Waals surface area contributed by atoms with Crippen molar-refractivity contribution in [3.8, 4) is 6.07 Å². The van der Waals surface area contributed by atoms with Crippen LogP contribution in [0, 0.1) is 11.3 Å². The third kappa shape index (κ3) is 2.89. The lowest BCUT2D eigenvalue weighted by molar-refractivity contribution is 0.749. The summed E-state index contributed by atoms with van der Waals surface area (Å²) in [5.74, 6) is 0. The van der Waals surface area contributed by atoms with Gasteiger partial charge in [0.1, 0.15) is 0 Å². The van der Waals surface area contributed by atoms with E-state index in [9.17, 15) is 0 Å². The van der Waals surface area contributed by atoms with Gasteiger partial charge in [0.05, 0.1) is 17.7 Å². The van der Waals surface area contributed by atoms with E-state index in [4.69, 9.17) is 5.26 Å². The van der Waals surface area contributed by atoms with Gasteiger partial charge in [0.2, 0.25) is 0 Å². The van der Waals surface area contributed by atoms with Crippen LogP contribution >= 0.6 is 0 Å². The number of anilines is 1. The van der Waals surface area contributed by atoms with Crippen LogP contribution in [0.3, 0.4) is 0 Å². The van der Waals surface area contributed by atoms with E-state index in [1.54, 1.807) is 0 Å². The first-order valence-corrected chi connectivity index (χ1v) is 6.15. The summed E-state index contributed by atoms with van der Waals surface area (Å²) in [4.78, 5) is 0. The maximum Gasteiger partial charge on any atom is 0.0991 e. The van der Waals surface area contributed by atoms with Crippen molar-refractivity contribution in [3.05, 3.63) is 65.7 Å². The summed E-state index contributed by atoms with van der Waals surface area (Å²) in [7, 11) is 0. The SMILES string of the molecule is CCC(Nc1ccc(C#N)cc1)c1ccccc1. The van der Waals surface area contributed by atoms with E-state index < -0.39 is 0 Å². The molecule has 2 nitrogen and oxygen atoms in total. The largest absolute Gasteiger partial charge is 0.378 e. The van der Waals surface area contributed by atoms with Crippen LogP contribution in [0.25, 0.3) is 0 Å². The molecule has 0 aliphatic heterocycles. The summed E-state index contributed by atoms with van der Waals surface area (Å²) < 4.78 is 0. The molecule has 0 bridgehead atoms. The smallest absolute Gasteiger partial charge is 0.0991 e. The summed E-state index contributed by atoms with van der Waals surface area (Å²) in [5.41, 5.74) is 3.02. The average Bonchev–Trinajstić information content (AvgIpc) is 2.46. The fourth-order valence-corrected chi connectivity index (χ4v) is 1.95. The molecule has 0 aliphatic rings. The maximum absolute atomic E-state index is 8.76. The first kappa shape index (κ1) is 12.2. The van der Waals surface area contributed by atoms with Gasteiger partial charge in [0, 0.05) is 5.69 Å². The van der Waals surface area contributed by atoms with Crippen LogP contribution in [0.15, 0.2) is 54.6 Å². The number of nitriles is 1. The van der Waals surface area contributed by atoms with Gasteiger partial charge < -0.3 is 5.32 Å². The summed E-state index contributed by atoms with van der Waals surface area (Å²) in [6, 6.07) is 20.4. The standard InChI is InChI=1S/C16H16N2/c1-2-16(14-6-4-3-5-7-14)18-15-10-8-13(12-17)9-11-15/h3-11,16,18H,2H2,1H3. The summed E-state index contributed by atoms with van der Waals surface area (Å²) in [6.45, 7) is 2.16. The van der Waals surface area contributed by atoms with E-state index in [1.807, 2.05) is 30.3 Å². The lowest BCUT2D eigenvalue weighted by Crippen LogP contribution is -2.09. The van der Waals surface area contributed by atoms with Crippen LogP contribution < -0.4 is 5.32 Å². The monoisotopic (exact) mass is 236 g/mol. The molecular weight excluding hydrogens is 220 g/mol. The van der Waals surface area contributed by atoms with Crippen molar-refractivity contribution in [1.29, 1.82) is 5.26 Å². The Morgan fingerprint density at radius 2 is 1.72 bits per heavy atom. The van der Waals surface area contributed by atoms with Gasteiger partial charge in [0.25, 0.3) is 0 Å². The number of hydrogen-bond acceptors (Lipinski definition) is 2. The van der Waals surface area contributed by atoms with Crippen molar-refractivity contribution in [3.63, 3.8) is 0 Å². The normalized spacial score (nSPS) is 11.6. The van der Waals surface area contributed by atoms with Crippen molar-refractivity contribution < 1.29 is 0 Å². The highest BCUT2D eigenvalue weighted by molar-refractivity contribution is 5.48. The van der Waals surface area contributed by atoms with Crippen LogP contribution in [0.4, 0.5) is 5.69 Å². The van der Waals surface area contributed by atoms with E-state index in [0.717, 1.165) is 12.1 Å². The van der Waals surface area contributed by atoms with Gasteiger partial charge in [-0.3, -0.25) is 0 Å². The van der Waals surface area contributed by atoms with Gasteiger partial charge in [-0.1, -0.05) is 37.3 Å². The van der Waals surface area contributed by atoms with Gasteiger partial charge in [-0.2, -0.15) is 5.26 Å². The number of nitrogens with one attached hydrogen (secondary N) is 1. The predicted octanol–water partition coefficient (Wildman–Crippen LogP) is 4.12. The minimum absolute atomic E-state index is 0.305. The molecule has 0 aromatic heterocycles. The quantitative estimate of drug-likeness (QED) is 0.866. The molecule has 1 atom stereocenters. The molecule has 0 radical (unpaired) electrons. The van der Waals surface area contributed by atoms with Gasteiger partial charge >= 0.3 is 0 Å². The Bertz CT molecular complexity index is 523. The molecule has 0 fully saturated rings. The van der Waals surface area contributed by atoms with E-state index in [-0.39, 0.29) is 0 Å². The van der Waals surface area contributed by atoms with Gasteiger partial charge in [-0.15, -0.1) is 0 Å². The third-order valence-electron chi connectivity index (χ3n) is 2.97. The highest BCUT2D eigenvalue weighted by Gasteiger charge is 2.07. The summed E-state index contributed by atoms with van der Waals surface area (Å²) >= 11 is 0. The lowest BCUT2D eigenvalue weighted by Gasteiger charge is -2.18. The number of hydrogen-bond donors (Lipinski definition) is 1. The molecule has 2 aromatic carbocycles. The Kier molecular flexibility index (Phi) is 3.98. The minimum Gasteiger partial charge on any atom is -0.378 e. The molecule has 0 spiro atoms. The van der Waals surface area contributed by atoms with Crippen LogP contribution in [-0.2, 0) is 0 Å². The minimum atomic E-state index is 0.305. The molecule has 0 aliphatic carbocycles. The van der Waals surface area contributed by atoms with E-state index in [2.05, 4.69) is 42.6 Å². The Morgan fingerprint density at radius 1 is 1.06 bits per heavy atom. The zero-order chi connectivity index (χ0) is 12.8. The zero-order valence-corrected chi connectivity index (χ0v) is 10.4. The van der Waals surface area contributed by atoms with Crippen molar-refractivity contribution in [2.45, 2.75) is 19.4 Å². The van der Waals surface area contributed by atoms with Crippen LogP contribution in [0.1, 0.15) is 30.5 Å². The Labute approximate surface area is 108 Å². The highest BCUT2D eigenvalue weighted by atomic mass is 14.9. The molecule has 0 heterocycles. The first-order chi connectivity index (χ1) is 8.83. The molecule has 90 valence electrons. The zero-order valence-electron chi connectivity index (χ0n) is 10.4. The second kappa shape index (κ2) is 5.88. The Balaban J connectivity index is 2.13. The number of benzene rings is 2. The molecule has 1 N–H and O–H groups in total. The lowest BCUT2D eigenvalue weighted by atomic mass is 10.0. The highest BCUT2D eigenvalue weighted by Crippen LogP contribution is 2.22. The van der Waals surface area contributed by atoms with Crippen molar-refractivity contribution in [2.75, 3.05) is 5.32 Å². The Morgan fingerprint density at radius 3 is 2.28 bits per heavy atom. The average molecular weight is 236 g/mol. The second-order valence-electron chi connectivity index (χ2n) is 4.21. The fourth-order valence-electron chi connectivity index (χ4n) is 1.95. The van der Waals surface area contributed by atoms with Crippen molar-refractivity contribution in [2.24, 2.45) is 0 Å². The molecule has 2 heteroatoms. The number of nitrogens with zero attached hydrogens (tertiary/aromatic N) is 1. The van der Waals surface area contributed by atoms with Gasteiger partial charge in [0.15, 0.2) is 0 Å². The molecule has 0 amide bonds. The van der Waals surface area contributed by atoms with Crippen molar-refractivity contribution >= 4 is 5.69 Å². The van der Waals surface area contributed by atoms with Gasteiger partial charge in [-0.25, -0.2) is 0 Å². The molecule has 1 unspecified atom stereocenters. The molecular formula is C16H16N2.